The molecular formula is C32H33F3N4O4. The SMILES string of the molecule is C=C(C=NC(=N)CC)/C=C/C(=O)NCc1cc2cc(-c3ccc(C(=O)N4CCC(C)(O)CC4)cc3)cc(C(F)(F)F)c2o1. The lowest BCUT2D eigenvalue weighted by Crippen LogP contribution is -2.45. The number of rotatable bonds is 8. The van der Waals surface area contributed by atoms with Gasteiger partial charge in [0.25, 0.3) is 5.91 Å². The van der Waals surface area contributed by atoms with E-state index >= 15 is 0 Å². The molecule has 2 heterocycles. The van der Waals surface area contributed by atoms with E-state index in [2.05, 4.69) is 16.9 Å². The second-order valence-electron chi connectivity index (χ2n) is 10.7. The number of alkyl halides is 3. The van der Waals surface area contributed by atoms with Gasteiger partial charge >= 0.3 is 6.18 Å². The summed E-state index contributed by atoms with van der Waals surface area (Å²) in [5.74, 6) is -0.402. The van der Waals surface area contributed by atoms with Gasteiger partial charge in [0.1, 0.15) is 17.2 Å². The number of aliphatic hydroxyl groups is 1. The van der Waals surface area contributed by atoms with Crippen molar-refractivity contribution in [3.8, 4) is 11.1 Å². The molecule has 0 unspecified atom stereocenters. The highest BCUT2D eigenvalue weighted by Gasteiger charge is 2.35. The van der Waals surface area contributed by atoms with Crippen LogP contribution < -0.4 is 5.32 Å². The molecule has 1 aliphatic rings. The highest BCUT2D eigenvalue weighted by molar-refractivity contribution is 5.96. The molecule has 43 heavy (non-hydrogen) atoms. The van der Waals surface area contributed by atoms with Gasteiger partial charge in [0.05, 0.1) is 17.7 Å². The molecule has 0 atom stereocenters. The van der Waals surface area contributed by atoms with Crippen LogP contribution in [0.3, 0.4) is 0 Å². The summed E-state index contributed by atoms with van der Waals surface area (Å²) in [4.78, 5) is 30.7. The van der Waals surface area contributed by atoms with Gasteiger partial charge in [0, 0.05) is 42.8 Å². The summed E-state index contributed by atoms with van der Waals surface area (Å²) in [7, 11) is 0. The van der Waals surface area contributed by atoms with Gasteiger partial charge in [-0.3, -0.25) is 15.0 Å². The maximum absolute atomic E-state index is 14.0. The molecule has 1 fully saturated rings. The van der Waals surface area contributed by atoms with Crippen LogP contribution in [0.25, 0.3) is 22.1 Å². The van der Waals surface area contributed by atoms with Crippen LogP contribution in [-0.2, 0) is 17.5 Å². The Morgan fingerprint density at radius 2 is 1.81 bits per heavy atom. The molecule has 1 aliphatic heterocycles. The predicted octanol–water partition coefficient (Wildman–Crippen LogP) is 6.29. The van der Waals surface area contributed by atoms with Crippen molar-refractivity contribution in [2.45, 2.75) is 51.4 Å². The molecule has 11 heteroatoms. The molecule has 8 nitrogen and oxygen atoms in total. The number of nitrogens with zero attached hydrogens (tertiary/aromatic N) is 2. The maximum atomic E-state index is 14.0. The van der Waals surface area contributed by atoms with Crippen molar-refractivity contribution in [1.82, 2.24) is 10.2 Å². The molecular weight excluding hydrogens is 561 g/mol. The normalized spacial score (nSPS) is 15.3. The van der Waals surface area contributed by atoms with E-state index in [9.17, 15) is 27.9 Å². The topological polar surface area (TPSA) is 119 Å². The summed E-state index contributed by atoms with van der Waals surface area (Å²) in [5.41, 5.74) is -0.491. The van der Waals surface area contributed by atoms with Crippen molar-refractivity contribution in [3.63, 3.8) is 0 Å². The Bertz CT molecular complexity index is 1590. The Kier molecular flexibility index (Phi) is 9.34. The van der Waals surface area contributed by atoms with E-state index in [-0.39, 0.29) is 35.0 Å². The Morgan fingerprint density at radius 1 is 1.14 bits per heavy atom. The summed E-state index contributed by atoms with van der Waals surface area (Å²) in [6, 6.07) is 10.4. The first kappa shape index (κ1) is 31.4. The minimum atomic E-state index is -4.70. The number of hydrogen-bond acceptors (Lipinski definition) is 5. The second kappa shape index (κ2) is 12.8. The summed E-state index contributed by atoms with van der Waals surface area (Å²) in [6.07, 6.45) is 0.679. The molecule has 2 amide bonds. The van der Waals surface area contributed by atoms with Crippen LogP contribution in [0.5, 0.6) is 0 Å². The van der Waals surface area contributed by atoms with Crippen LogP contribution >= 0.6 is 0 Å². The Labute approximate surface area is 247 Å². The third kappa shape index (κ3) is 8.07. The maximum Gasteiger partial charge on any atom is 0.420 e. The number of halogens is 3. The average molecular weight is 595 g/mol. The van der Waals surface area contributed by atoms with Crippen molar-refractivity contribution >= 4 is 34.8 Å². The van der Waals surface area contributed by atoms with Gasteiger partial charge in [-0.05, 0) is 72.9 Å². The first-order chi connectivity index (χ1) is 20.3. The monoisotopic (exact) mass is 594 g/mol. The number of hydrogen-bond donors (Lipinski definition) is 3. The first-order valence-corrected chi connectivity index (χ1v) is 13.8. The summed E-state index contributed by atoms with van der Waals surface area (Å²) in [5, 5.41) is 20.4. The second-order valence-corrected chi connectivity index (χ2v) is 10.7. The largest absolute Gasteiger partial charge is 0.459 e. The number of amides is 2. The number of nitrogens with one attached hydrogen (secondary N) is 2. The number of benzene rings is 2. The molecule has 2 aromatic carbocycles. The highest BCUT2D eigenvalue weighted by Crippen LogP contribution is 2.39. The van der Waals surface area contributed by atoms with Crippen LogP contribution in [0.4, 0.5) is 13.2 Å². The number of carbonyl (C=O) groups is 2. The predicted molar refractivity (Wildman–Crippen MR) is 159 cm³/mol. The highest BCUT2D eigenvalue weighted by atomic mass is 19.4. The number of carbonyl (C=O) groups excluding carboxylic acids is 2. The molecule has 0 bridgehead atoms. The van der Waals surface area contributed by atoms with E-state index < -0.39 is 23.2 Å². The number of allylic oxidation sites excluding steroid dienone is 2. The average Bonchev–Trinajstić information content (AvgIpc) is 3.39. The minimum absolute atomic E-state index is 0.137. The fourth-order valence-corrected chi connectivity index (χ4v) is 4.56. The van der Waals surface area contributed by atoms with Crippen molar-refractivity contribution in [2.24, 2.45) is 4.99 Å². The van der Waals surface area contributed by atoms with Gasteiger partial charge in [0.15, 0.2) is 0 Å². The summed E-state index contributed by atoms with van der Waals surface area (Å²) in [6.45, 7) is 7.95. The zero-order valence-electron chi connectivity index (χ0n) is 23.9. The Hall–Kier alpha value is -4.51. The van der Waals surface area contributed by atoms with E-state index in [1.165, 1.54) is 24.4 Å². The lowest BCUT2D eigenvalue weighted by atomic mass is 9.93. The molecule has 3 aromatic rings. The van der Waals surface area contributed by atoms with Gasteiger partial charge < -0.3 is 19.7 Å². The van der Waals surface area contributed by atoms with Crippen LogP contribution in [0.2, 0.25) is 0 Å². The van der Waals surface area contributed by atoms with E-state index in [0.717, 1.165) is 6.07 Å². The zero-order chi connectivity index (χ0) is 31.4. The number of fused-ring (bicyclic) bond motifs is 1. The number of likely N-dealkylation sites (tertiary alicyclic amines) is 1. The van der Waals surface area contributed by atoms with E-state index in [0.29, 0.717) is 54.6 Å². The first-order valence-electron chi connectivity index (χ1n) is 13.8. The van der Waals surface area contributed by atoms with Crippen LogP contribution in [0.1, 0.15) is 54.8 Å². The number of furan rings is 1. The zero-order valence-corrected chi connectivity index (χ0v) is 23.9. The summed E-state index contributed by atoms with van der Waals surface area (Å²) >= 11 is 0. The van der Waals surface area contributed by atoms with Gasteiger partial charge in [-0.2, -0.15) is 13.2 Å². The van der Waals surface area contributed by atoms with Gasteiger partial charge in [-0.15, -0.1) is 0 Å². The van der Waals surface area contributed by atoms with Crippen molar-refractivity contribution in [3.05, 3.63) is 83.7 Å². The third-order valence-corrected chi connectivity index (χ3v) is 7.17. The number of aliphatic imine (C=N–C) groups is 1. The molecule has 0 radical (unpaired) electrons. The third-order valence-electron chi connectivity index (χ3n) is 7.17. The van der Waals surface area contributed by atoms with E-state index in [4.69, 9.17) is 9.83 Å². The van der Waals surface area contributed by atoms with Crippen molar-refractivity contribution in [1.29, 1.82) is 5.41 Å². The fourth-order valence-electron chi connectivity index (χ4n) is 4.56. The number of amidine groups is 1. The van der Waals surface area contributed by atoms with E-state index in [1.54, 1.807) is 49.1 Å². The van der Waals surface area contributed by atoms with Crippen molar-refractivity contribution in [2.75, 3.05) is 13.1 Å². The minimum Gasteiger partial charge on any atom is -0.459 e. The number of piperidine rings is 1. The van der Waals surface area contributed by atoms with E-state index in [1.807, 2.05) is 0 Å². The van der Waals surface area contributed by atoms with Gasteiger partial charge in [-0.25, -0.2) is 4.99 Å². The standard InChI is InChI=1S/C32H33F3N4O4/c1-4-27(36)37-18-20(2)5-10-28(40)38-19-25-16-24-15-23(17-26(29(24)43-25)32(33,34)35)21-6-8-22(9-7-21)30(41)39-13-11-31(3,42)12-14-39/h5-10,15-18,36,42H,2,4,11-14,19H2,1,3H3,(H,38,40)/b10-5+,36-27?,37-18?. The summed E-state index contributed by atoms with van der Waals surface area (Å²) < 4.78 is 47.6. The van der Waals surface area contributed by atoms with Crippen LogP contribution in [0.15, 0.2) is 76.2 Å². The lowest BCUT2D eigenvalue weighted by molar-refractivity contribution is -0.136. The molecule has 0 saturated carbocycles. The quantitative estimate of drug-likeness (QED) is 0.123. The molecule has 1 aromatic heterocycles. The van der Waals surface area contributed by atoms with Gasteiger partial charge in [0.2, 0.25) is 5.91 Å². The molecule has 4 rings (SSSR count). The molecule has 226 valence electrons. The fraction of sp³-hybridized carbons (Fsp3) is 0.312. The smallest absolute Gasteiger partial charge is 0.420 e. The van der Waals surface area contributed by atoms with Gasteiger partial charge in [-0.1, -0.05) is 25.6 Å². The Balaban J connectivity index is 1.50. The lowest BCUT2D eigenvalue weighted by Gasteiger charge is -2.35. The molecule has 3 N–H and O–H groups in total. The van der Waals surface area contributed by atoms with Crippen molar-refractivity contribution < 1.29 is 32.3 Å². The Morgan fingerprint density at radius 3 is 2.44 bits per heavy atom. The molecule has 0 spiro atoms. The van der Waals surface area contributed by atoms with Crippen LogP contribution in [0, 0.1) is 5.41 Å². The van der Waals surface area contributed by atoms with Crippen LogP contribution in [-0.4, -0.2) is 52.6 Å². The molecule has 1 saturated heterocycles. The molecule has 0 aliphatic carbocycles.